The molecule has 0 unspecified atom stereocenters. The Morgan fingerprint density at radius 2 is 2.21 bits per heavy atom. The van der Waals surface area contributed by atoms with E-state index in [1.807, 2.05) is 0 Å². The van der Waals surface area contributed by atoms with Crippen LogP contribution in [0.3, 0.4) is 0 Å². The largest absolute Gasteiger partial charge is 0.388 e. The van der Waals surface area contributed by atoms with Crippen LogP contribution in [0.4, 0.5) is 0 Å². The maximum absolute atomic E-state index is 12.1. The zero-order valence-corrected chi connectivity index (χ0v) is 10.9. The average Bonchev–Trinajstić information content (AvgIpc) is 2.39. The van der Waals surface area contributed by atoms with E-state index in [2.05, 4.69) is 4.98 Å². The molecule has 1 aromatic heterocycles. The van der Waals surface area contributed by atoms with Gasteiger partial charge in [0.2, 0.25) is 0 Å². The van der Waals surface area contributed by atoms with E-state index in [1.54, 1.807) is 13.1 Å². The second-order valence-corrected chi connectivity index (χ2v) is 4.91. The maximum Gasteiger partial charge on any atom is 0.260 e. The highest BCUT2D eigenvalue weighted by Gasteiger charge is 2.32. The van der Waals surface area contributed by atoms with E-state index < -0.39 is 11.2 Å². The van der Waals surface area contributed by atoms with Crippen LogP contribution in [0.15, 0.2) is 23.1 Å². The minimum Gasteiger partial charge on any atom is -0.388 e. The molecule has 0 aliphatic carbocycles. The summed E-state index contributed by atoms with van der Waals surface area (Å²) < 4.78 is 5.19. The number of H-pyrrole nitrogens is 1. The third kappa shape index (κ3) is 3.21. The van der Waals surface area contributed by atoms with Crippen molar-refractivity contribution in [2.45, 2.75) is 18.4 Å². The van der Waals surface area contributed by atoms with Crippen molar-refractivity contribution < 1.29 is 14.6 Å². The molecule has 0 aromatic carbocycles. The van der Waals surface area contributed by atoms with Crippen molar-refractivity contribution in [3.63, 3.8) is 0 Å². The molecule has 2 heterocycles. The van der Waals surface area contributed by atoms with Gasteiger partial charge in [0.15, 0.2) is 0 Å². The number of aromatic nitrogens is 1. The van der Waals surface area contributed by atoms with Crippen molar-refractivity contribution in [3.05, 3.63) is 34.2 Å². The van der Waals surface area contributed by atoms with Gasteiger partial charge in [-0.15, -0.1) is 0 Å². The van der Waals surface area contributed by atoms with Gasteiger partial charge < -0.3 is 19.7 Å². The summed E-state index contributed by atoms with van der Waals surface area (Å²) in [5, 5.41) is 10.3. The molecule has 2 N–H and O–H groups in total. The maximum atomic E-state index is 12.1. The highest BCUT2D eigenvalue weighted by Crippen LogP contribution is 2.21. The summed E-state index contributed by atoms with van der Waals surface area (Å²) in [7, 11) is 1.59. The van der Waals surface area contributed by atoms with Gasteiger partial charge in [-0.2, -0.15) is 0 Å². The lowest BCUT2D eigenvalue weighted by atomic mass is 9.94. The predicted molar refractivity (Wildman–Crippen MR) is 69.0 cm³/mol. The molecule has 0 radical (unpaired) electrons. The number of pyridine rings is 1. The zero-order chi connectivity index (χ0) is 13.9. The van der Waals surface area contributed by atoms with Gasteiger partial charge in [-0.25, -0.2) is 0 Å². The molecule has 6 heteroatoms. The normalized spacial score (nSPS) is 18.0. The lowest BCUT2D eigenvalue weighted by molar-refractivity contribution is -0.0734. The molecule has 0 bridgehead atoms. The van der Waals surface area contributed by atoms with Crippen molar-refractivity contribution in [3.8, 4) is 0 Å². The summed E-state index contributed by atoms with van der Waals surface area (Å²) >= 11 is 0. The molecule has 1 aliphatic rings. The second-order valence-electron chi connectivity index (χ2n) is 4.91. The Hall–Kier alpha value is -1.66. The number of hydrogen-bond donors (Lipinski definition) is 2. The summed E-state index contributed by atoms with van der Waals surface area (Å²) in [5.41, 5.74) is -1.26. The van der Waals surface area contributed by atoms with Crippen molar-refractivity contribution in [2.75, 3.05) is 26.8 Å². The first kappa shape index (κ1) is 13.8. The van der Waals surface area contributed by atoms with E-state index >= 15 is 0 Å². The smallest absolute Gasteiger partial charge is 0.260 e. The number of carbonyl (C=O) groups is 1. The number of aliphatic hydroxyl groups is 1. The van der Waals surface area contributed by atoms with E-state index in [0.29, 0.717) is 26.1 Å². The van der Waals surface area contributed by atoms with E-state index in [4.69, 9.17) is 4.74 Å². The fourth-order valence-electron chi connectivity index (χ4n) is 2.22. The molecule has 1 aliphatic heterocycles. The Labute approximate surface area is 111 Å². The van der Waals surface area contributed by atoms with Crippen molar-refractivity contribution in [2.24, 2.45) is 0 Å². The summed E-state index contributed by atoms with van der Waals surface area (Å²) in [6.45, 7) is 1.18. The van der Waals surface area contributed by atoms with Gasteiger partial charge in [0.1, 0.15) is 5.56 Å². The number of hydrogen-bond acceptors (Lipinski definition) is 4. The number of ether oxygens (including phenoxy) is 1. The number of nitrogens with one attached hydrogen (secondary N) is 1. The van der Waals surface area contributed by atoms with E-state index in [1.165, 1.54) is 17.2 Å². The van der Waals surface area contributed by atoms with Gasteiger partial charge in [0, 0.05) is 45.8 Å². The Kier molecular flexibility index (Phi) is 4.01. The minimum atomic E-state index is -0.926. The number of aromatic amines is 1. The Bertz CT molecular complexity index is 505. The average molecular weight is 266 g/mol. The highest BCUT2D eigenvalue weighted by atomic mass is 16.5. The standard InChI is InChI=1S/C13H18N2O4/c1-15(9-13(18)4-7-19-8-5-13)12(17)10-3-2-6-14-11(10)16/h2-3,6,18H,4-5,7-9H2,1H3,(H,14,16). The number of nitrogens with zero attached hydrogens (tertiary/aromatic N) is 1. The van der Waals surface area contributed by atoms with Crippen LogP contribution >= 0.6 is 0 Å². The van der Waals surface area contributed by atoms with E-state index in [-0.39, 0.29) is 18.0 Å². The van der Waals surface area contributed by atoms with Crippen LogP contribution < -0.4 is 5.56 Å². The van der Waals surface area contributed by atoms with Crippen LogP contribution in [0.5, 0.6) is 0 Å². The van der Waals surface area contributed by atoms with E-state index in [9.17, 15) is 14.7 Å². The Morgan fingerprint density at radius 1 is 1.53 bits per heavy atom. The molecule has 1 saturated heterocycles. The first-order chi connectivity index (χ1) is 9.02. The number of carbonyl (C=O) groups excluding carboxylic acids is 1. The SMILES string of the molecule is CN(CC1(O)CCOCC1)C(=O)c1ccc[nH]c1=O. The predicted octanol–water partition coefficient (Wildman–Crippen LogP) is -0.0116. The molecule has 6 nitrogen and oxygen atoms in total. The van der Waals surface area contributed by atoms with Crippen LogP contribution in [-0.4, -0.2) is 53.3 Å². The van der Waals surface area contributed by atoms with Gasteiger partial charge in [-0.05, 0) is 12.1 Å². The molecule has 1 aromatic rings. The summed E-state index contributed by atoms with van der Waals surface area (Å²) in [4.78, 5) is 27.5. The molecule has 0 atom stereocenters. The van der Waals surface area contributed by atoms with Crippen LogP contribution in [0.2, 0.25) is 0 Å². The van der Waals surface area contributed by atoms with Crippen LogP contribution in [0.25, 0.3) is 0 Å². The first-order valence-corrected chi connectivity index (χ1v) is 6.25. The topological polar surface area (TPSA) is 82.6 Å². The Morgan fingerprint density at radius 3 is 2.84 bits per heavy atom. The van der Waals surface area contributed by atoms with Gasteiger partial charge in [0.25, 0.3) is 11.5 Å². The molecule has 2 rings (SSSR count). The van der Waals surface area contributed by atoms with Crippen LogP contribution in [0.1, 0.15) is 23.2 Å². The quantitative estimate of drug-likeness (QED) is 0.806. The molecule has 19 heavy (non-hydrogen) atoms. The second kappa shape index (κ2) is 5.54. The zero-order valence-electron chi connectivity index (χ0n) is 10.9. The van der Waals surface area contributed by atoms with Gasteiger partial charge in [-0.1, -0.05) is 0 Å². The summed E-state index contributed by atoms with van der Waals surface area (Å²) in [6, 6.07) is 3.08. The molecule has 1 amide bonds. The van der Waals surface area contributed by atoms with E-state index in [0.717, 1.165) is 0 Å². The highest BCUT2D eigenvalue weighted by molar-refractivity contribution is 5.93. The molecule has 0 saturated carbocycles. The molecule has 0 spiro atoms. The van der Waals surface area contributed by atoms with Gasteiger partial charge in [0.05, 0.1) is 5.60 Å². The molecular formula is C13H18N2O4. The minimum absolute atomic E-state index is 0.0839. The van der Waals surface area contributed by atoms with Gasteiger partial charge in [-0.3, -0.25) is 9.59 Å². The fraction of sp³-hybridized carbons (Fsp3) is 0.538. The summed E-state index contributed by atoms with van der Waals surface area (Å²) in [6.07, 6.45) is 2.47. The summed E-state index contributed by atoms with van der Waals surface area (Å²) in [5.74, 6) is -0.387. The van der Waals surface area contributed by atoms with Crippen LogP contribution in [0, 0.1) is 0 Å². The monoisotopic (exact) mass is 266 g/mol. The lowest BCUT2D eigenvalue weighted by Gasteiger charge is -2.35. The van der Waals surface area contributed by atoms with Crippen molar-refractivity contribution >= 4 is 5.91 Å². The number of amides is 1. The molecule has 104 valence electrons. The van der Waals surface area contributed by atoms with Gasteiger partial charge >= 0.3 is 0 Å². The third-order valence-electron chi connectivity index (χ3n) is 3.35. The van der Waals surface area contributed by atoms with Crippen LogP contribution in [-0.2, 0) is 4.74 Å². The number of rotatable bonds is 3. The van der Waals surface area contributed by atoms with Crippen molar-refractivity contribution in [1.82, 2.24) is 9.88 Å². The first-order valence-electron chi connectivity index (χ1n) is 6.25. The third-order valence-corrected chi connectivity index (χ3v) is 3.35. The fourth-order valence-corrected chi connectivity index (χ4v) is 2.22. The Balaban J connectivity index is 2.07. The molecular weight excluding hydrogens is 248 g/mol. The number of likely N-dealkylation sites (N-methyl/N-ethyl adjacent to an activating group) is 1. The lowest BCUT2D eigenvalue weighted by Crippen LogP contribution is -2.48. The van der Waals surface area contributed by atoms with Crippen molar-refractivity contribution in [1.29, 1.82) is 0 Å². The molecule has 1 fully saturated rings.